The van der Waals surface area contributed by atoms with Crippen LogP contribution in [0.4, 0.5) is 0 Å². The molecule has 0 N–H and O–H groups in total. The zero-order valence-corrected chi connectivity index (χ0v) is 10.2. The van der Waals surface area contributed by atoms with Crippen molar-refractivity contribution in [2.45, 2.75) is 26.8 Å². The van der Waals surface area contributed by atoms with Crippen molar-refractivity contribution in [1.29, 1.82) is 0 Å². The molecule has 0 saturated carbocycles. The zero-order valence-electron chi connectivity index (χ0n) is 9.49. The highest BCUT2D eigenvalue weighted by atomic mass is 35.5. The molecule has 0 amide bonds. The average molecular weight is 231 g/mol. The summed E-state index contributed by atoms with van der Waals surface area (Å²) in [5, 5.41) is 8.10. The van der Waals surface area contributed by atoms with Gasteiger partial charge in [-0.15, -0.1) is 16.7 Å². The maximum atomic E-state index is 5.63. The van der Waals surface area contributed by atoms with Gasteiger partial charge in [0.25, 0.3) is 0 Å². The molecule has 0 unspecified atom stereocenters. The van der Waals surface area contributed by atoms with Crippen LogP contribution in [0.5, 0.6) is 0 Å². The van der Waals surface area contributed by atoms with Crippen LogP contribution in [0.15, 0.2) is 6.20 Å². The Bertz CT molecular complexity index is 270. The first-order valence-corrected chi connectivity index (χ1v) is 6.00. The molecule has 15 heavy (non-hydrogen) atoms. The number of hydrogen-bond acceptors (Lipinski definition) is 3. The lowest BCUT2D eigenvalue weighted by Crippen LogP contribution is -2.27. The van der Waals surface area contributed by atoms with Gasteiger partial charge in [0, 0.05) is 25.0 Å². The van der Waals surface area contributed by atoms with Crippen LogP contribution >= 0.6 is 11.6 Å². The van der Waals surface area contributed by atoms with Crippen molar-refractivity contribution in [3.8, 4) is 0 Å². The first kappa shape index (κ1) is 12.5. The van der Waals surface area contributed by atoms with Gasteiger partial charge in [-0.1, -0.05) is 19.1 Å². The number of rotatable bonds is 7. The van der Waals surface area contributed by atoms with Gasteiger partial charge < -0.3 is 4.90 Å². The molecule has 86 valence electrons. The van der Waals surface area contributed by atoms with Crippen LogP contribution in [0.2, 0.25) is 0 Å². The first-order chi connectivity index (χ1) is 7.30. The van der Waals surface area contributed by atoms with E-state index in [0.717, 1.165) is 38.3 Å². The minimum atomic E-state index is 0.606. The average Bonchev–Trinajstić information content (AvgIpc) is 2.68. The smallest absolute Gasteiger partial charge is 0.0839 e. The van der Waals surface area contributed by atoms with E-state index in [0.29, 0.717) is 5.88 Å². The van der Waals surface area contributed by atoms with Crippen molar-refractivity contribution in [2.75, 3.05) is 25.5 Å². The van der Waals surface area contributed by atoms with E-state index in [1.54, 1.807) is 0 Å². The molecule has 0 spiro atoms. The molecule has 0 aliphatic heterocycles. The standard InChI is InChI=1S/C10H19ClN4/c1-3-14(4-2)7-8-15-9-10(5-6-11)12-13-15/h9H,3-8H2,1-2H3. The lowest BCUT2D eigenvalue weighted by Gasteiger charge is -2.17. The second kappa shape index (κ2) is 6.80. The first-order valence-electron chi connectivity index (χ1n) is 5.47. The van der Waals surface area contributed by atoms with Gasteiger partial charge in [0.2, 0.25) is 0 Å². The molecule has 0 radical (unpaired) electrons. The Balaban J connectivity index is 2.36. The molecule has 0 atom stereocenters. The molecule has 0 aliphatic carbocycles. The number of halogens is 1. The molecule has 1 aromatic rings. The molecular formula is C10H19ClN4. The third kappa shape index (κ3) is 4.18. The fourth-order valence-corrected chi connectivity index (χ4v) is 1.64. The summed E-state index contributed by atoms with van der Waals surface area (Å²) >= 11 is 5.63. The summed E-state index contributed by atoms with van der Waals surface area (Å²) in [7, 11) is 0. The van der Waals surface area contributed by atoms with E-state index >= 15 is 0 Å². The number of nitrogens with zero attached hydrogens (tertiary/aromatic N) is 4. The predicted octanol–water partition coefficient (Wildman–Crippen LogP) is 1.40. The minimum absolute atomic E-state index is 0.606. The number of hydrogen-bond donors (Lipinski definition) is 0. The summed E-state index contributed by atoms with van der Waals surface area (Å²) in [5.41, 5.74) is 0.976. The quantitative estimate of drug-likeness (QED) is 0.665. The van der Waals surface area contributed by atoms with Crippen LogP contribution in [0.1, 0.15) is 19.5 Å². The molecule has 0 bridgehead atoms. The Hall–Kier alpha value is -0.610. The van der Waals surface area contributed by atoms with E-state index in [1.165, 1.54) is 0 Å². The maximum Gasteiger partial charge on any atom is 0.0839 e. The van der Waals surface area contributed by atoms with Crippen LogP contribution in [-0.4, -0.2) is 45.4 Å². The Morgan fingerprint density at radius 3 is 2.73 bits per heavy atom. The molecule has 1 rings (SSSR count). The minimum Gasteiger partial charge on any atom is -0.302 e. The van der Waals surface area contributed by atoms with Gasteiger partial charge in [-0.05, 0) is 13.1 Å². The van der Waals surface area contributed by atoms with Crippen molar-refractivity contribution in [3.63, 3.8) is 0 Å². The van der Waals surface area contributed by atoms with E-state index in [-0.39, 0.29) is 0 Å². The van der Waals surface area contributed by atoms with Crippen LogP contribution in [0.25, 0.3) is 0 Å². The van der Waals surface area contributed by atoms with Crippen LogP contribution in [-0.2, 0) is 13.0 Å². The Kier molecular flexibility index (Phi) is 5.65. The molecule has 5 heteroatoms. The van der Waals surface area contributed by atoms with Crippen molar-refractivity contribution >= 4 is 11.6 Å². The van der Waals surface area contributed by atoms with Crippen molar-refractivity contribution in [3.05, 3.63) is 11.9 Å². The predicted molar refractivity (Wildman–Crippen MR) is 62.2 cm³/mol. The lowest BCUT2D eigenvalue weighted by atomic mass is 10.4. The van der Waals surface area contributed by atoms with E-state index in [4.69, 9.17) is 11.6 Å². The number of likely N-dealkylation sites (N-methyl/N-ethyl adjacent to an activating group) is 1. The van der Waals surface area contributed by atoms with Gasteiger partial charge in [0.05, 0.1) is 12.2 Å². The molecule has 1 heterocycles. The summed E-state index contributed by atoms with van der Waals surface area (Å²) in [6.45, 7) is 8.43. The summed E-state index contributed by atoms with van der Waals surface area (Å²) in [4.78, 5) is 2.36. The monoisotopic (exact) mass is 230 g/mol. The van der Waals surface area contributed by atoms with Gasteiger partial charge in [-0.3, -0.25) is 4.68 Å². The summed E-state index contributed by atoms with van der Waals surface area (Å²) < 4.78 is 1.89. The van der Waals surface area contributed by atoms with Gasteiger partial charge in [-0.25, -0.2) is 0 Å². The number of alkyl halides is 1. The molecule has 0 aliphatic rings. The van der Waals surface area contributed by atoms with Gasteiger partial charge >= 0.3 is 0 Å². The number of aromatic nitrogens is 3. The lowest BCUT2D eigenvalue weighted by molar-refractivity contribution is 0.284. The Morgan fingerprint density at radius 2 is 2.13 bits per heavy atom. The highest BCUT2D eigenvalue weighted by Gasteiger charge is 2.02. The fourth-order valence-electron chi connectivity index (χ4n) is 1.44. The second-order valence-corrected chi connectivity index (χ2v) is 3.82. The zero-order chi connectivity index (χ0) is 11.1. The van der Waals surface area contributed by atoms with Crippen LogP contribution in [0.3, 0.4) is 0 Å². The third-order valence-electron chi connectivity index (χ3n) is 2.48. The largest absolute Gasteiger partial charge is 0.302 e. The van der Waals surface area contributed by atoms with Crippen LogP contribution in [0, 0.1) is 0 Å². The highest BCUT2D eigenvalue weighted by Crippen LogP contribution is 1.97. The van der Waals surface area contributed by atoms with Crippen LogP contribution < -0.4 is 0 Å². The third-order valence-corrected chi connectivity index (χ3v) is 2.67. The topological polar surface area (TPSA) is 34.0 Å². The molecule has 0 fully saturated rings. The Morgan fingerprint density at radius 1 is 1.40 bits per heavy atom. The normalized spacial score (nSPS) is 11.2. The van der Waals surface area contributed by atoms with Gasteiger partial charge in [0.1, 0.15) is 0 Å². The van der Waals surface area contributed by atoms with Crippen molar-refractivity contribution in [1.82, 2.24) is 19.9 Å². The molecule has 1 aromatic heterocycles. The van der Waals surface area contributed by atoms with E-state index in [9.17, 15) is 0 Å². The second-order valence-electron chi connectivity index (χ2n) is 3.44. The van der Waals surface area contributed by atoms with Crippen molar-refractivity contribution < 1.29 is 0 Å². The van der Waals surface area contributed by atoms with Gasteiger partial charge in [-0.2, -0.15) is 0 Å². The highest BCUT2D eigenvalue weighted by molar-refractivity contribution is 6.17. The molecular weight excluding hydrogens is 212 g/mol. The summed E-state index contributed by atoms with van der Waals surface area (Å²) in [6, 6.07) is 0. The molecule has 4 nitrogen and oxygen atoms in total. The fraction of sp³-hybridized carbons (Fsp3) is 0.800. The van der Waals surface area contributed by atoms with E-state index in [1.807, 2.05) is 10.9 Å². The Labute approximate surface area is 96.2 Å². The van der Waals surface area contributed by atoms with E-state index in [2.05, 4.69) is 29.1 Å². The SMILES string of the molecule is CCN(CC)CCn1cc(CCCl)nn1. The van der Waals surface area contributed by atoms with Gasteiger partial charge in [0.15, 0.2) is 0 Å². The number of aryl methyl sites for hydroxylation is 1. The maximum absolute atomic E-state index is 5.63. The van der Waals surface area contributed by atoms with Crippen molar-refractivity contribution in [2.24, 2.45) is 0 Å². The summed E-state index contributed by atoms with van der Waals surface area (Å²) in [6.07, 6.45) is 2.78. The van der Waals surface area contributed by atoms with E-state index < -0.39 is 0 Å². The molecule has 0 aromatic carbocycles. The molecule has 0 saturated heterocycles. The summed E-state index contributed by atoms with van der Waals surface area (Å²) in [5.74, 6) is 0.606.